The zero-order chi connectivity index (χ0) is 12.7. The van der Waals surface area contributed by atoms with Gasteiger partial charge < -0.3 is 9.47 Å². The van der Waals surface area contributed by atoms with Gasteiger partial charge in [-0.3, -0.25) is 4.90 Å². The number of ether oxygens (including phenoxy) is 2. The highest BCUT2D eigenvalue weighted by Crippen LogP contribution is 2.39. The van der Waals surface area contributed by atoms with E-state index < -0.39 is 0 Å². The maximum atomic E-state index is 5.49. The first-order chi connectivity index (χ1) is 9.40. The van der Waals surface area contributed by atoms with Crippen LogP contribution in [-0.4, -0.2) is 30.8 Å². The number of hydrogen-bond donors (Lipinski definition) is 0. The SMILES string of the molecule is c1cc2c(cc1CC(C1CC1)N1CCCC1)OCO2. The van der Waals surface area contributed by atoms with Crippen molar-refractivity contribution in [2.24, 2.45) is 5.92 Å². The lowest BCUT2D eigenvalue weighted by molar-refractivity contribution is 0.174. The van der Waals surface area contributed by atoms with E-state index in [1.807, 2.05) is 0 Å². The topological polar surface area (TPSA) is 21.7 Å². The summed E-state index contributed by atoms with van der Waals surface area (Å²) in [4.78, 5) is 2.71. The smallest absolute Gasteiger partial charge is 0.231 e. The van der Waals surface area contributed by atoms with Crippen LogP contribution < -0.4 is 9.47 Å². The summed E-state index contributed by atoms with van der Waals surface area (Å²) in [5.74, 6) is 2.75. The molecular weight excluding hydrogens is 238 g/mol. The highest BCUT2D eigenvalue weighted by molar-refractivity contribution is 5.44. The van der Waals surface area contributed by atoms with E-state index in [4.69, 9.17) is 9.47 Å². The van der Waals surface area contributed by atoms with E-state index in [-0.39, 0.29) is 0 Å². The summed E-state index contributed by atoms with van der Waals surface area (Å²) < 4.78 is 10.9. The molecule has 1 saturated heterocycles. The van der Waals surface area contributed by atoms with E-state index in [9.17, 15) is 0 Å². The van der Waals surface area contributed by atoms with Crippen molar-refractivity contribution in [2.75, 3.05) is 19.9 Å². The maximum Gasteiger partial charge on any atom is 0.231 e. The standard InChI is InChI=1S/C16H21NO2/c1-2-8-17(7-1)14(13-4-5-13)9-12-3-6-15-16(10-12)19-11-18-15/h3,6,10,13-14H,1-2,4-5,7-9,11H2. The minimum atomic E-state index is 0.372. The quantitative estimate of drug-likeness (QED) is 0.830. The normalized spacial score (nSPS) is 23.8. The van der Waals surface area contributed by atoms with Crippen LogP contribution in [0.15, 0.2) is 18.2 Å². The summed E-state index contributed by atoms with van der Waals surface area (Å²) in [6.45, 7) is 2.97. The molecule has 2 fully saturated rings. The van der Waals surface area contributed by atoms with Crippen LogP contribution in [0.25, 0.3) is 0 Å². The van der Waals surface area contributed by atoms with Crippen LogP contribution in [0.4, 0.5) is 0 Å². The highest BCUT2D eigenvalue weighted by atomic mass is 16.7. The van der Waals surface area contributed by atoms with E-state index in [0.29, 0.717) is 6.79 Å². The zero-order valence-corrected chi connectivity index (χ0v) is 11.3. The molecule has 0 radical (unpaired) electrons. The van der Waals surface area contributed by atoms with Crippen molar-refractivity contribution < 1.29 is 9.47 Å². The van der Waals surface area contributed by atoms with Gasteiger partial charge in [0.15, 0.2) is 11.5 Å². The predicted molar refractivity (Wildman–Crippen MR) is 73.6 cm³/mol. The molecule has 2 heterocycles. The lowest BCUT2D eigenvalue weighted by Gasteiger charge is -2.27. The fraction of sp³-hybridized carbons (Fsp3) is 0.625. The second-order valence-electron chi connectivity index (χ2n) is 6.04. The van der Waals surface area contributed by atoms with Crippen molar-refractivity contribution >= 4 is 0 Å². The van der Waals surface area contributed by atoms with Crippen LogP contribution >= 0.6 is 0 Å². The second kappa shape index (κ2) is 4.71. The largest absolute Gasteiger partial charge is 0.454 e. The van der Waals surface area contributed by atoms with Crippen molar-refractivity contribution in [1.29, 1.82) is 0 Å². The molecule has 0 N–H and O–H groups in total. The van der Waals surface area contributed by atoms with Gasteiger partial charge in [-0.05, 0) is 68.8 Å². The number of benzene rings is 1. The van der Waals surface area contributed by atoms with Crippen molar-refractivity contribution in [2.45, 2.75) is 38.1 Å². The summed E-state index contributed by atoms with van der Waals surface area (Å²) in [6, 6.07) is 7.20. The van der Waals surface area contributed by atoms with Gasteiger partial charge in [0, 0.05) is 6.04 Å². The summed E-state index contributed by atoms with van der Waals surface area (Å²) in [5, 5.41) is 0. The summed E-state index contributed by atoms with van der Waals surface area (Å²) in [5.41, 5.74) is 1.40. The van der Waals surface area contributed by atoms with Gasteiger partial charge in [0.1, 0.15) is 0 Å². The van der Waals surface area contributed by atoms with Crippen LogP contribution in [0.5, 0.6) is 11.5 Å². The zero-order valence-electron chi connectivity index (χ0n) is 11.3. The Hall–Kier alpha value is -1.22. The molecule has 0 amide bonds. The first kappa shape index (κ1) is 11.6. The summed E-state index contributed by atoms with van der Waals surface area (Å²) >= 11 is 0. The first-order valence-corrected chi connectivity index (χ1v) is 7.53. The van der Waals surface area contributed by atoms with Crippen LogP contribution in [0.1, 0.15) is 31.2 Å². The third kappa shape index (κ3) is 2.32. The average molecular weight is 259 g/mol. The minimum absolute atomic E-state index is 0.372. The molecule has 3 aliphatic rings. The Morgan fingerprint density at radius 2 is 1.89 bits per heavy atom. The first-order valence-electron chi connectivity index (χ1n) is 7.53. The Morgan fingerprint density at radius 1 is 1.11 bits per heavy atom. The fourth-order valence-electron chi connectivity index (χ4n) is 3.46. The fourth-order valence-corrected chi connectivity index (χ4v) is 3.46. The number of likely N-dealkylation sites (tertiary alicyclic amines) is 1. The number of hydrogen-bond acceptors (Lipinski definition) is 3. The van der Waals surface area contributed by atoms with Gasteiger partial charge in [-0.2, -0.15) is 0 Å². The Balaban J connectivity index is 1.51. The molecule has 1 atom stereocenters. The van der Waals surface area contributed by atoms with Gasteiger partial charge in [0.25, 0.3) is 0 Å². The van der Waals surface area contributed by atoms with Gasteiger partial charge >= 0.3 is 0 Å². The molecule has 3 nitrogen and oxygen atoms in total. The lowest BCUT2D eigenvalue weighted by Crippen LogP contribution is -2.36. The van der Waals surface area contributed by atoms with Crippen LogP contribution in [0, 0.1) is 5.92 Å². The third-order valence-corrected chi connectivity index (χ3v) is 4.66. The molecule has 0 aromatic heterocycles. The average Bonchev–Trinajstić information content (AvgIpc) is 2.93. The monoisotopic (exact) mass is 259 g/mol. The maximum absolute atomic E-state index is 5.49. The Bertz CT molecular complexity index is 464. The Labute approximate surface area is 114 Å². The Morgan fingerprint density at radius 3 is 2.68 bits per heavy atom. The summed E-state index contributed by atoms with van der Waals surface area (Å²) in [6.07, 6.45) is 6.77. The molecule has 3 heteroatoms. The van der Waals surface area contributed by atoms with E-state index in [1.165, 1.54) is 50.8 Å². The molecule has 0 spiro atoms. The molecule has 1 aliphatic carbocycles. The lowest BCUT2D eigenvalue weighted by atomic mass is 10.0. The van der Waals surface area contributed by atoms with E-state index in [1.54, 1.807) is 0 Å². The molecule has 0 bridgehead atoms. The van der Waals surface area contributed by atoms with Gasteiger partial charge in [0.05, 0.1) is 0 Å². The molecule has 1 saturated carbocycles. The molecule has 4 rings (SSSR count). The number of rotatable bonds is 4. The minimum Gasteiger partial charge on any atom is -0.454 e. The molecule has 1 aromatic carbocycles. The van der Waals surface area contributed by atoms with Gasteiger partial charge in [-0.15, -0.1) is 0 Å². The van der Waals surface area contributed by atoms with E-state index >= 15 is 0 Å². The van der Waals surface area contributed by atoms with Crippen molar-refractivity contribution in [3.05, 3.63) is 23.8 Å². The predicted octanol–water partition coefficient (Wildman–Crippen LogP) is 2.83. The second-order valence-corrected chi connectivity index (χ2v) is 6.04. The van der Waals surface area contributed by atoms with Gasteiger partial charge in [0.2, 0.25) is 6.79 Å². The molecule has 102 valence electrons. The van der Waals surface area contributed by atoms with Gasteiger partial charge in [-0.1, -0.05) is 6.07 Å². The van der Waals surface area contributed by atoms with Crippen LogP contribution in [-0.2, 0) is 6.42 Å². The van der Waals surface area contributed by atoms with Gasteiger partial charge in [-0.25, -0.2) is 0 Å². The number of nitrogens with zero attached hydrogens (tertiary/aromatic N) is 1. The van der Waals surface area contributed by atoms with Crippen molar-refractivity contribution in [3.63, 3.8) is 0 Å². The summed E-state index contributed by atoms with van der Waals surface area (Å²) in [7, 11) is 0. The van der Waals surface area contributed by atoms with E-state index in [2.05, 4.69) is 23.1 Å². The third-order valence-electron chi connectivity index (χ3n) is 4.66. The molecule has 1 unspecified atom stereocenters. The van der Waals surface area contributed by atoms with E-state index in [0.717, 1.165) is 23.5 Å². The van der Waals surface area contributed by atoms with Crippen LogP contribution in [0.3, 0.4) is 0 Å². The molecule has 19 heavy (non-hydrogen) atoms. The van der Waals surface area contributed by atoms with Crippen LogP contribution in [0.2, 0.25) is 0 Å². The molecule has 1 aromatic rings. The van der Waals surface area contributed by atoms with Crippen molar-refractivity contribution in [3.8, 4) is 11.5 Å². The van der Waals surface area contributed by atoms with Crippen molar-refractivity contribution in [1.82, 2.24) is 4.90 Å². The molecular formula is C16H21NO2. The number of fused-ring (bicyclic) bond motifs is 1. The molecule has 2 aliphatic heterocycles. The Kier molecular flexibility index (Phi) is 2.87. The highest BCUT2D eigenvalue weighted by Gasteiger charge is 2.36.